The van der Waals surface area contributed by atoms with Crippen LogP contribution in [0.4, 0.5) is 34.1 Å². The summed E-state index contributed by atoms with van der Waals surface area (Å²) in [7, 11) is 8.68. The van der Waals surface area contributed by atoms with Crippen molar-refractivity contribution in [1.82, 2.24) is 28.7 Å². The average molecular weight is 1730 g/mol. The summed E-state index contributed by atoms with van der Waals surface area (Å²) in [5.41, 5.74) is 22.8. The fourth-order valence-corrected chi connectivity index (χ4v) is 15.3. The Hall–Kier alpha value is -16.4. The summed E-state index contributed by atoms with van der Waals surface area (Å²) in [5.74, 6) is -0.215. The van der Waals surface area contributed by atoms with Gasteiger partial charge in [-0.3, -0.25) is 68.0 Å². The minimum Gasteiger partial charge on any atom is -0.399 e. The molecule has 0 amide bonds. The van der Waals surface area contributed by atoms with Crippen molar-refractivity contribution in [2.45, 2.75) is 56.7 Å². The van der Waals surface area contributed by atoms with Crippen LogP contribution in [0, 0.1) is 30.3 Å². The first kappa shape index (κ1) is 90.3. The number of nitro groups is 3. The number of nitrogens with two attached hydrogens (primary N) is 2. The predicted molar refractivity (Wildman–Crippen MR) is 494 cm³/mol. The van der Waals surface area contributed by atoms with Gasteiger partial charge in [-0.1, -0.05) is 249 Å². The van der Waals surface area contributed by atoms with Crippen LogP contribution in [0.2, 0.25) is 0 Å². The number of nitro benzene ring substituents is 3. The summed E-state index contributed by atoms with van der Waals surface area (Å²) in [6.07, 6.45) is 0.151. The highest BCUT2D eigenvalue weighted by Crippen LogP contribution is 2.36. The van der Waals surface area contributed by atoms with Crippen LogP contribution in [0.25, 0.3) is 32.7 Å². The normalized spacial score (nSPS) is 11.4. The van der Waals surface area contributed by atoms with Crippen molar-refractivity contribution in [3.05, 3.63) is 474 Å². The molecule has 1 aliphatic heterocycles. The van der Waals surface area contributed by atoms with Crippen LogP contribution in [-0.4, -0.2) is 96.6 Å². The lowest BCUT2D eigenvalue weighted by Crippen LogP contribution is -2.31. The smallest absolute Gasteiger partial charge is 0.346 e. The number of rotatable bonds is 24. The number of carbonyl (C=O) groups is 3. The first-order valence-corrected chi connectivity index (χ1v) is 40.7. The fraction of sp³-hybridized carbons (Fsp3) is 0.139. The van der Waals surface area contributed by atoms with E-state index in [1.807, 2.05) is 280 Å². The number of fused-ring (bicyclic) bond motifs is 4. The van der Waals surface area contributed by atoms with Crippen molar-refractivity contribution in [1.29, 1.82) is 0 Å². The predicted octanol–water partition coefficient (Wildman–Crippen LogP) is 17.5. The van der Waals surface area contributed by atoms with Gasteiger partial charge in [0.2, 0.25) is 0 Å². The Morgan fingerprint density at radius 3 is 1.09 bits per heavy atom. The summed E-state index contributed by atoms with van der Waals surface area (Å²) < 4.78 is 25.5. The minimum absolute atomic E-state index is 0.0287. The monoisotopic (exact) mass is 1720 g/mol. The maximum atomic E-state index is 13.8. The van der Waals surface area contributed by atoms with Crippen molar-refractivity contribution in [3.8, 4) is 0 Å². The average Bonchev–Trinajstić information content (AvgIpc) is 0.761. The number of Topliss-reactive ketones (excluding diaryl/α,β-unsaturated/α-hetero) is 1. The molecule has 0 unspecified atom stereocenters. The SMILES string of the molecule is COCc1nc2ccc(N(C)C)cc2c(=O)n1C(c1ccccc1)c1ccccc1.COCc1nc2ccc(N)cc2c(=O)n1C(c1ccccc1)c1ccccc1.COCc1nc2ccc([N+](=O)[O-])cc2c(=O)n1C(c1ccccc1)c1ccccc1.Nc1ccc([N+](=O)[O-])cc1C(=O)CC(c1ccccc1)c1ccccc1.O=C1Cc2ccc([N+](=O)[O-])cc2C(=O)O1. The Kier molecular flexibility index (Phi) is 29.6. The minimum atomic E-state index is -0.829. The van der Waals surface area contributed by atoms with Gasteiger partial charge in [-0.15, -0.1) is 0 Å². The van der Waals surface area contributed by atoms with Crippen LogP contribution in [0.15, 0.2) is 348 Å². The van der Waals surface area contributed by atoms with E-state index < -0.39 is 32.8 Å². The molecule has 4 N–H and O–H groups in total. The number of methoxy groups -OCH3 is 3. The first-order chi connectivity index (χ1) is 62.5. The zero-order valence-corrected chi connectivity index (χ0v) is 70.8. The second kappa shape index (κ2) is 42.3. The molecule has 28 nitrogen and oxygen atoms in total. The number of hydrogen-bond donors (Lipinski definition) is 2. The van der Waals surface area contributed by atoms with Gasteiger partial charge in [-0.2, -0.15) is 0 Å². The molecule has 648 valence electrons. The zero-order valence-electron chi connectivity index (χ0n) is 70.8. The van der Waals surface area contributed by atoms with Crippen LogP contribution < -0.4 is 33.0 Å². The van der Waals surface area contributed by atoms with E-state index in [1.165, 1.54) is 55.6 Å². The largest absolute Gasteiger partial charge is 0.399 e. The van der Waals surface area contributed by atoms with Crippen molar-refractivity contribution < 1.29 is 48.1 Å². The van der Waals surface area contributed by atoms with Crippen LogP contribution in [0.1, 0.15) is 119 Å². The molecule has 16 aromatic rings. The number of nitrogens with zero attached hydrogens (tertiary/aromatic N) is 10. The highest BCUT2D eigenvalue weighted by molar-refractivity contribution is 6.03. The number of carbonyl (C=O) groups excluding carboxylic acids is 3. The molecule has 0 radical (unpaired) electrons. The lowest BCUT2D eigenvalue weighted by atomic mass is 9.85. The van der Waals surface area contributed by atoms with Crippen molar-refractivity contribution in [2.24, 2.45) is 0 Å². The number of anilines is 3. The molecule has 3 aromatic heterocycles. The third-order valence-corrected chi connectivity index (χ3v) is 21.3. The Bertz CT molecular complexity index is 6740. The molecule has 0 atom stereocenters. The number of hydrogen-bond acceptors (Lipinski definition) is 22. The van der Waals surface area contributed by atoms with Gasteiger partial charge in [0.05, 0.1) is 77.6 Å². The summed E-state index contributed by atoms with van der Waals surface area (Å²) in [4.78, 5) is 123. The summed E-state index contributed by atoms with van der Waals surface area (Å²) in [5, 5.41) is 34.0. The van der Waals surface area contributed by atoms with E-state index in [2.05, 4.69) is 9.72 Å². The van der Waals surface area contributed by atoms with E-state index in [0.29, 0.717) is 56.0 Å². The number of ketones is 1. The molecule has 0 saturated carbocycles. The number of non-ortho nitro benzene ring substituents is 3. The molecule has 129 heavy (non-hydrogen) atoms. The summed E-state index contributed by atoms with van der Waals surface area (Å²) >= 11 is 0. The molecule has 0 spiro atoms. The number of benzene rings is 13. The molecule has 17 rings (SSSR count). The van der Waals surface area contributed by atoms with E-state index in [-0.39, 0.29) is 112 Å². The quantitative estimate of drug-likeness (QED) is 0.0142. The fourth-order valence-electron chi connectivity index (χ4n) is 15.3. The second-order valence-corrected chi connectivity index (χ2v) is 30.0. The van der Waals surface area contributed by atoms with Crippen molar-refractivity contribution in [2.75, 3.05) is 51.8 Å². The lowest BCUT2D eigenvalue weighted by molar-refractivity contribution is -0.385. The Labute approximate surface area is 739 Å². The van der Waals surface area contributed by atoms with E-state index in [9.17, 15) is 59.1 Å². The van der Waals surface area contributed by atoms with Crippen molar-refractivity contribution in [3.63, 3.8) is 0 Å². The molecule has 4 heterocycles. The van der Waals surface area contributed by atoms with Gasteiger partial charge in [0.25, 0.3) is 33.7 Å². The molecule has 0 saturated heterocycles. The maximum Gasteiger partial charge on any atom is 0.346 e. The third kappa shape index (κ3) is 21.5. The Balaban J connectivity index is 0.000000140. The van der Waals surface area contributed by atoms with E-state index in [0.717, 1.165) is 56.3 Å². The summed E-state index contributed by atoms with van der Waals surface area (Å²) in [6.45, 7) is 0.598. The lowest BCUT2D eigenvalue weighted by Gasteiger charge is -2.24. The number of cyclic esters (lactones) is 2. The van der Waals surface area contributed by atoms with Crippen LogP contribution in [-0.2, 0) is 50.0 Å². The maximum absolute atomic E-state index is 13.8. The van der Waals surface area contributed by atoms with E-state index in [4.69, 9.17) is 35.6 Å². The van der Waals surface area contributed by atoms with Gasteiger partial charge in [-0.25, -0.2) is 19.7 Å². The van der Waals surface area contributed by atoms with Gasteiger partial charge in [0.15, 0.2) is 5.78 Å². The zero-order chi connectivity index (χ0) is 91.2. The standard InChI is InChI=1S/C25H25N3O2.C23H19N3O4.C23H21N3O2.C21H18N2O3.C9H5NO5/c1-27(2)20-14-15-22-21(16-20)25(29)28(23(26-22)17-30-3)24(18-10-6-4-7-11-18)19-12-8-5-9-13-19;1-30-15-21-24-20-13-12-18(26(28)29)14-19(20)23(27)25(21)22(16-8-4-2-5-9-16)17-10-6-3-7-11-17;1-28-15-21-25-20-13-12-18(24)14-19(20)23(27)26(21)22(16-8-4-2-5-9-16)17-10-6-3-7-11-17;22-20-12-11-17(23(25)26)13-19(20)21(24)14-18(15-7-3-1-4-8-15)16-9-5-2-6-10-16;11-8-3-5-1-2-6(10(13)14)4-7(5)9(12)15-8/h4-16,24H,17H2,1-3H3;2-14,22H,15H2,1H3;2-14,22H,15,24H2,1H3;1-13,18H,14,22H2;1-2,4H,3H2. The molecular weight excluding hydrogens is 1640 g/mol. The number of ether oxygens (including phenoxy) is 4. The Morgan fingerprint density at radius 1 is 0.403 bits per heavy atom. The van der Waals surface area contributed by atoms with Gasteiger partial charge in [-0.05, 0) is 98.6 Å². The molecule has 0 fully saturated rings. The van der Waals surface area contributed by atoms with Gasteiger partial charge >= 0.3 is 11.9 Å². The topological polar surface area (TPSA) is 377 Å². The number of esters is 2. The van der Waals surface area contributed by atoms with Gasteiger partial charge < -0.3 is 35.3 Å². The highest BCUT2D eigenvalue weighted by Gasteiger charge is 2.31. The van der Waals surface area contributed by atoms with E-state index >= 15 is 0 Å². The van der Waals surface area contributed by atoms with Crippen LogP contribution in [0.5, 0.6) is 0 Å². The first-order valence-electron chi connectivity index (χ1n) is 40.7. The van der Waals surface area contributed by atoms with Crippen molar-refractivity contribution >= 4 is 84.6 Å². The third-order valence-electron chi connectivity index (χ3n) is 21.3. The van der Waals surface area contributed by atoms with Crippen LogP contribution >= 0.6 is 0 Å². The number of nitrogen functional groups attached to an aromatic ring is 2. The summed E-state index contributed by atoms with van der Waals surface area (Å²) in [6, 6.07) is 100. The molecule has 0 aliphatic carbocycles. The molecule has 0 bridgehead atoms. The molecule has 28 heteroatoms. The molecule has 13 aromatic carbocycles. The number of aromatic nitrogens is 6. The molecular formula is C101H88N12O16. The highest BCUT2D eigenvalue weighted by atomic mass is 16.6. The van der Waals surface area contributed by atoms with Crippen LogP contribution in [0.3, 0.4) is 0 Å². The van der Waals surface area contributed by atoms with Gasteiger partial charge in [0.1, 0.15) is 37.3 Å². The van der Waals surface area contributed by atoms with Gasteiger partial charge in [0, 0.05) is 107 Å². The van der Waals surface area contributed by atoms with E-state index in [1.54, 1.807) is 46.1 Å². The molecule has 1 aliphatic rings. The Morgan fingerprint density at radius 2 is 0.721 bits per heavy atom. The second-order valence-electron chi connectivity index (χ2n) is 30.0.